The number of unbranched alkanes of at least 4 members (excludes halogenated alkanes) is 2. The number of nitrogens with one attached hydrogen (secondary N) is 2. The van der Waals surface area contributed by atoms with Crippen molar-refractivity contribution in [1.82, 2.24) is 5.32 Å². The number of carbonyl (C=O) groups is 1. The van der Waals surface area contributed by atoms with E-state index >= 15 is 0 Å². The van der Waals surface area contributed by atoms with Gasteiger partial charge in [0.1, 0.15) is 0 Å². The first kappa shape index (κ1) is 14.6. The summed E-state index contributed by atoms with van der Waals surface area (Å²) in [6.07, 6.45) is 3.38. The molecular formula is C15H24N2O. The molecule has 3 nitrogen and oxygen atoms in total. The van der Waals surface area contributed by atoms with Crippen LogP contribution in [0.5, 0.6) is 0 Å². The maximum atomic E-state index is 12.1. The average Bonchev–Trinajstić information content (AvgIpc) is 2.37. The Bertz CT molecular complexity index is 388. The summed E-state index contributed by atoms with van der Waals surface area (Å²) in [5.41, 5.74) is 2.76. The second kappa shape index (κ2) is 7.75. The van der Waals surface area contributed by atoms with Gasteiger partial charge in [-0.05, 0) is 32.4 Å². The zero-order valence-electron chi connectivity index (χ0n) is 11.7. The third-order valence-corrected chi connectivity index (χ3v) is 2.85. The second-order valence-electron chi connectivity index (χ2n) is 4.54. The van der Waals surface area contributed by atoms with E-state index in [0.29, 0.717) is 0 Å². The largest absolute Gasteiger partial charge is 0.385 e. The minimum absolute atomic E-state index is 0.0192. The highest BCUT2D eigenvalue weighted by atomic mass is 16.1. The van der Waals surface area contributed by atoms with E-state index in [-0.39, 0.29) is 5.91 Å². The molecule has 0 radical (unpaired) electrons. The Morgan fingerprint density at radius 2 is 2.00 bits per heavy atom. The van der Waals surface area contributed by atoms with Gasteiger partial charge in [-0.25, -0.2) is 0 Å². The molecule has 0 aliphatic rings. The maximum Gasteiger partial charge on any atom is 0.253 e. The van der Waals surface area contributed by atoms with Crippen LogP contribution in [0, 0.1) is 6.92 Å². The van der Waals surface area contributed by atoms with Crippen LogP contribution in [-0.2, 0) is 0 Å². The first-order chi connectivity index (χ1) is 8.69. The number of carbonyl (C=O) groups excluding carboxylic acids is 1. The van der Waals surface area contributed by atoms with Gasteiger partial charge in [-0.2, -0.15) is 0 Å². The van der Waals surface area contributed by atoms with E-state index in [1.54, 1.807) is 0 Å². The molecule has 0 aromatic heterocycles. The van der Waals surface area contributed by atoms with Gasteiger partial charge in [0.15, 0.2) is 0 Å². The van der Waals surface area contributed by atoms with Crippen molar-refractivity contribution in [3.05, 3.63) is 29.3 Å². The van der Waals surface area contributed by atoms with Crippen LogP contribution in [-0.4, -0.2) is 19.0 Å². The Hall–Kier alpha value is -1.51. The van der Waals surface area contributed by atoms with E-state index in [0.717, 1.165) is 42.7 Å². The van der Waals surface area contributed by atoms with E-state index < -0.39 is 0 Å². The molecule has 2 N–H and O–H groups in total. The molecule has 0 unspecified atom stereocenters. The molecule has 0 bridgehead atoms. The first-order valence-electron chi connectivity index (χ1n) is 6.81. The summed E-state index contributed by atoms with van der Waals surface area (Å²) in [6.45, 7) is 7.77. The molecule has 3 heteroatoms. The van der Waals surface area contributed by atoms with Crippen LogP contribution in [0.15, 0.2) is 18.2 Å². The van der Waals surface area contributed by atoms with Crippen molar-refractivity contribution in [2.75, 3.05) is 18.4 Å². The zero-order valence-corrected chi connectivity index (χ0v) is 11.7. The topological polar surface area (TPSA) is 41.1 Å². The van der Waals surface area contributed by atoms with Crippen molar-refractivity contribution in [3.63, 3.8) is 0 Å². The highest BCUT2D eigenvalue weighted by Crippen LogP contribution is 2.17. The fourth-order valence-corrected chi connectivity index (χ4v) is 1.86. The van der Waals surface area contributed by atoms with Gasteiger partial charge < -0.3 is 10.6 Å². The number of amides is 1. The minimum Gasteiger partial charge on any atom is -0.385 e. The molecule has 0 aliphatic carbocycles. The van der Waals surface area contributed by atoms with E-state index in [4.69, 9.17) is 0 Å². The van der Waals surface area contributed by atoms with Gasteiger partial charge in [-0.15, -0.1) is 0 Å². The van der Waals surface area contributed by atoms with Crippen molar-refractivity contribution in [2.45, 2.75) is 40.0 Å². The van der Waals surface area contributed by atoms with Crippen molar-refractivity contribution >= 4 is 11.6 Å². The summed E-state index contributed by atoms with van der Waals surface area (Å²) in [4.78, 5) is 12.1. The molecule has 0 saturated carbocycles. The van der Waals surface area contributed by atoms with Gasteiger partial charge in [0.25, 0.3) is 5.91 Å². The van der Waals surface area contributed by atoms with Gasteiger partial charge in [0.2, 0.25) is 0 Å². The summed E-state index contributed by atoms with van der Waals surface area (Å²) >= 11 is 0. The summed E-state index contributed by atoms with van der Waals surface area (Å²) in [5, 5.41) is 6.21. The van der Waals surface area contributed by atoms with Crippen molar-refractivity contribution < 1.29 is 4.79 Å². The van der Waals surface area contributed by atoms with Gasteiger partial charge in [-0.1, -0.05) is 31.4 Å². The molecular weight excluding hydrogens is 224 g/mol. The van der Waals surface area contributed by atoms with Crippen LogP contribution >= 0.6 is 0 Å². The number of aryl methyl sites for hydroxylation is 1. The summed E-state index contributed by atoms with van der Waals surface area (Å²) in [5.74, 6) is 0.0192. The summed E-state index contributed by atoms with van der Waals surface area (Å²) < 4.78 is 0. The average molecular weight is 248 g/mol. The van der Waals surface area contributed by atoms with Crippen molar-refractivity contribution in [2.24, 2.45) is 0 Å². The smallest absolute Gasteiger partial charge is 0.253 e. The Labute approximate surface area is 110 Å². The molecule has 0 heterocycles. The van der Waals surface area contributed by atoms with Gasteiger partial charge in [0.05, 0.1) is 5.56 Å². The third kappa shape index (κ3) is 4.40. The number of hydrogen-bond acceptors (Lipinski definition) is 2. The molecule has 0 saturated heterocycles. The molecule has 1 amide bonds. The Morgan fingerprint density at radius 3 is 2.67 bits per heavy atom. The predicted molar refractivity (Wildman–Crippen MR) is 77.2 cm³/mol. The van der Waals surface area contributed by atoms with Crippen molar-refractivity contribution in [1.29, 1.82) is 0 Å². The first-order valence-corrected chi connectivity index (χ1v) is 6.81. The SMILES string of the molecule is CCCCCNC(=O)c1cc(C)ccc1NCC. The monoisotopic (exact) mass is 248 g/mol. The number of rotatable bonds is 7. The van der Waals surface area contributed by atoms with E-state index in [9.17, 15) is 4.79 Å². The van der Waals surface area contributed by atoms with E-state index in [1.165, 1.54) is 6.42 Å². The van der Waals surface area contributed by atoms with Gasteiger partial charge >= 0.3 is 0 Å². The van der Waals surface area contributed by atoms with Gasteiger partial charge in [-0.3, -0.25) is 4.79 Å². The van der Waals surface area contributed by atoms with Crippen LogP contribution in [0.4, 0.5) is 5.69 Å². The lowest BCUT2D eigenvalue weighted by atomic mass is 10.1. The third-order valence-electron chi connectivity index (χ3n) is 2.85. The Balaban J connectivity index is 2.67. The van der Waals surface area contributed by atoms with Crippen LogP contribution in [0.3, 0.4) is 0 Å². The molecule has 0 atom stereocenters. The maximum absolute atomic E-state index is 12.1. The molecule has 1 aromatic rings. The lowest BCUT2D eigenvalue weighted by Crippen LogP contribution is -2.25. The number of anilines is 1. The molecule has 0 spiro atoms. The molecule has 18 heavy (non-hydrogen) atoms. The highest BCUT2D eigenvalue weighted by molar-refractivity contribution is 5.99. The lowest BCUT2D eigenvalue weighted by molar-refractivity contribution is 0.0953. The number of hydrogen-bond donors (Lipinski definition) is 2. The van der Waals surface area contributed by atoms with Crippen LogP contribution in [0.2, 0.25) is 0 Å². The van der Waals surface area contributed by atoms with E-state index in [2.05, 4.69) is 17.6 Å². The normalized spacial score (nSPS) is 10.2. The molecule has 1 aromatic carbocycles. The fourth-order valence-electron chi connectivity index (χ4n) is 1.86. The Morgan fingerprint density at radius 1 is 1.22 bits per heavy atom. The summed E-state index contributed by atoms with van der Waals surface area (Å²) in [7, 11) is 0. The molecule has 1 rings (SSSR count). The molecule has 100 valence electrons. The Kier molecular flexibility index (Phi) is 6.26. The van der Waals surface area contributed by atoms with Crippen LogP contribution in [0.1, 0.15) is 49.0 Å². The van der Waals surface area contributed by atoms with Crippen LogP contribution in [0.25, 0.3) is 0 Å². The molecule has 0 fully saturated rings. The lowest BCUT2D eigenvalue weighted by Gasteiger charge is -2.12. The fraction of sp³-hybridized carbons (Fsp3) is 0.533. The number of benzene rings is 1. The van der Waals surface area contributed by atoms with Gasteiger partial charge in [0, 0.05) is 18.8 Å². The molecule has 0 aliphatic heterocycles. The predicted octanol–water partition coefficient (Wildman–Crippen LogP) is 3.35. The minimum atomic E-state index is 0.0192. The quantitative estimate of drug-likeness (QED) is 0.727. The summed E-state index contributed by atoms with van der Waals surface area (Å²) in [6, 6.07) is 5.93. The highest BCUT2D eigenvalue weighted by Gasteiger charge is 2.10. The van der Waals surface area contributed by atoms with Crippen LogP contribution < -0.4 is 10.6 Å². The van der Waals surface area contributed by atoms with E-state index in [1.807, 2.05) is 32.0 Å². The second-order valence-corrected chi connectivity index (χ2v) is 4.54. The van der Waals surface area contributed by atoms with Crippen molar-refractivity contribution in [3.8, 4) is 0 Å². The standard InChI is InChI=1S/C15H24N2O/c1-4-6-7-10-17-15(18)13-11-12(3)8-9-14(13)16-5-2/h8-9,11,16H,4-7,10H2,1-3H3,(H,17,18). The zero-order chi connectivity index (χ0) is 13.4.